The van der Waals surface area contributed by atoms with Gasteiger partial charge in [-0.1, -0.05) is 6.42 Å². The summed E-state index contributed by atoms with van der Waals surface area (Å²) in [5.41, 5.74) is 0.819. The van der Waals surface area contributed by atoms with Crippen LogP contribution in [0.3, 0.4) is 0 Å². The smallest absolute Gasteiger partial charge is 0.258 e. The summed E-state index contributed by atoms with van der Waals surface area (Å²) in [7, 11) is 0. The normalized spacial score (nSPS) is 25.7. The zero-order valence-corrected chi connectivity index (χ0v) is 14.4. The highest BCUT2D eigenvalue weighted by Gasteiger charge is 2.42. The second-order valence-electron chi connectivity index (χ2n) is 7.25. The Morgan fingerprint density at radius 2 is 2.16 bits per heavy atom. The molecule has 0 aliphatic heterocycles. The zero-order chi connectivity index (χ0) is 17.2. The summed E-state index contributed by atoms with van der Waals surface area (Å²) >= 11 is 0. The summed E-state index contributed by atoms with van der Waals surface area (Å²) in [6, 6.07) is 7.49. The first kappa shape index (κ1) is 16.1. The van der Waals surface area contributed by atoms with Gasteiger partial charge in [-0.25, -0.2) is 0 Å². The molecule has 6 heteroatoms. The molecule has 2 saturated carbocycles. The van der Waals surface area contributed by atoms with E-state index in [1.807, 2.05) is 12.1 Å². The van der Waals surface area contributed by atoms with E-state index in [1.165, 1.54) is 32.1 Å². The quantitative estimate of drug-likeness (QED) is 0.874. The zero-order valence-electron chi connectivity index (χ0n) is 14.4. The van der Waals surface area contributed by atoms with Crippen molar-refractivity contribution in [2.24, 2.45) is 17.8 Å². The van der Waals surface area contributed by atoms with Gasteiger partial charge in [-0.2, -0.15) is 0 Å². The van der Waals surface area contributed by atoms with Crippen LogP contribution >= 0.6 is 0 Å². The molecule has 2 bridgehead atoms. The minimum atomic E-state index is -0.0590. The molecule has 1 amide bonds. The second-order valence-corrected chi connectivity index (χ2v) is 7.25. The lowest BCUT2D eigenvalue weighted by molar-refractivity contribution is -0.124. The number of benzene rings is 1. The number of aromatic nitrogens is 2. The average Bonchev–Trinajstić information content (AvgIpc) is 3.37. The average molecular weight is 341 g/mol. The van der Waals surface area contributed by atoms with Gasteiger partial charge >= 0.3 is 0 Å². The van der Waals surface area contributed by atoms with Crippen molar-refractivity contribution in [1.82, 2.24) is 15.5 Å². The molecule has 4 rings (SSSR count). The third kappa shape index (κ3) is 3.52. The number of carbonyl (C=O) groups is 1. The molecule has 1 N–H and O–H groups in total. The number of nitrogens with zero attached hydrogens (tertiary/aromatic N) is 2. The van der Waals surface area contributed by atoms with Crippen molar-refractivity contribution in [3.63, 3.8) is 0 Å². The van der Waals surface area contributed by atoms with E-state index < -0.39 is 0 Å². The standard InChI is InChI=1S/C19H23N3O3/c1-12(17-9-13-2-3-15(17)8-13)21-18(23)10-24-16-6-4-14(5-7-16)19-22-20-11-25-19/h4-7,11-13,15,17H,2-3,8-10H2,1H3,(H,21,23)/t12-,13+,15+,17+/m0/s1. The lowest BCUT2D eigenvalue weighted by Gasteiger charge is -2.28. The number of nitrogens with one attached hydrogen (secondary N) is 1. The van der Waals surface area contributed by atoms with E-state index in [-0.39, 0.29) is 18.6 Å². The van der Waals surface area contributed by atoms with Crippen molar-refractivity contribution in [3.05, 3.63) is 30.7 Å². The predicted octanol–water partition coefficient (Wildman–Crippen LogP) is 3.06. The van der Waals surface area contributed by atoms with Crippen molar-refractivity contribution in [2.45, 2.75) is 38.6 Å². The van der Waals surface area contributed by atoms with Crippen LogP contribution in [0.4, 0.5) is 0 Å². The molecule has 0 spiro atoms. The largest absolute Gasteiger partial charge is 0.484 e. The Kier molecular flexibility index (Phi) is 4.42. The van der Waals surface area contributed by atoms with Gasteiger partial charge in [-0.3, -0.25) is 4.79 Å². The maximum atomic E-state index is 12.2. The van der Waals surface area contributed by atoms with Gasteiger partial charge in [0.1, 0.15) is 5.75 Å². The number of rotatable bonds is 6. The van der Waals surface area contributed by atoms with Crippen LogP contribution in [0.5, 0.6) is 5.75 Å². The Labute approximate surface area is 147 Å². The molecular formula is C19H23N3O3. The van der Waals surface area contributed by atoms with Gasteiger partial charge in [0.15, 0.2) is 6.61 Å². The molecule has 2 aromatic rings. The number of ether oxygens (including phenoxy) is 1. The third-order valence-corrected chi connectivity index (χ3v) is 5.65. The summed E-state index contributed by atoms with van der Waals surface area (Å²) in [5.74, 6) is 3.38. The van der Waals surface area contributed by atoms with E-state index in [9.17, 15) is 4.79 Å². The van der Waals surface area contributed by atoms with E-state index in [4.69, 9.17) is 9.15 Å². The highest BCUT2D eigenvalue weighted by molar-refractivity contribution is 5.77. The second kappa shape index (κ2) is 6.86. The molecule has 1 heterocycles. The lowest BCUT2D eigenvalue weighted by atomic mass is 9.84. The monoisotopic (exact) mass is 341 g/mol. The van der Waals surface area contributed by atoms with E-state index in [0.717, 1.165) is 17.4 Å². The Morgan fingerprint density at radius 1 is 1.32 bits per heavy atom. The first-order valence-electron chi connectivity index (χ1n) is 8.98. The number of fused-ring (bicyclic) bond motifs is 2. The van der Waals surface area contributed by atoms with Crippen LogP contribution in [0.1, 0.15) is 32.6 Å². The van der Waals surface area contributed by atoms with Crippen LogP contribution in [-0.4, -0.2) is 28.8 Å². The Bertz CT molecular complexity index is 714. The van der Waals surface area contributed by atoms with Crippen LogP contribution in [0.25, 0.3) is 11.5 Å². The van der Waals surface area contributed by atoms with Crippen LogP contribution in [0.15, 0.2) is 35.1 Å². The molecule has 0 saturated heterocycles. The van der Waals surface area contributed by atoms with E-state index in [1.54, 1.807) is 12.1 Å². The van der Waals surface area contributed by atoms with Gasteiger partial charge in [0.2, 0.25) is 12.3 Å². The lowest BCUT2D eigenvalue weighted by Crippen LogP contribution is -2.42. The first-order valence-corrected chi connectivity index (χ1v) is 8.98. The van der Waals surface area contributed by atoms with Crippen molar-refractivity contribution in [3.8, 4) is 17.2 Å². The van der Waals surface area contributed by atoms with Gasteiger partial charge in [-0.05, 0) is 68.2 Å². The summed E-state index contributed by atoms with van der Waals surface area (Å²) in [4.78, 5) is 12.2. The summed E-state index contributed by atoms with van der Waals surface area (Å²) in [5, 5.41) is 10.6. The van der Waals surface area contributed by atoms with Gasteiger partial charge in [-0.15, -0.1) is 10.2 Å². The van der Waals surface area contributed by atoms with E-state index in [0.29, 0.717) is 17.6 Å². The molecule has 25 heavy (non-hydrogen) atoms. The van der Waals surface area contributed by atoms with Gasteiger partial charge < -0.3 is 14.5 Å². The minimum absolute atomic E-state index is 0.0328. The molecule has 2 aliphatic carbocycles. The fourth-order valence-corrected chi connectivity index (χ4v) is 4.45. The number of carbonyl (C=O) groups excluding carboxylic acids is 1. The highest BCUT2D eigenvalue weighted by atomic mass is 16.5. The predicted molar refractivity (Wildman–Crippen MR) is 91.8 cm³/mol. The molecule has 2 fully saturated rings. The number of hydrogen-bond donors (Lipinski definition) is 1. The molecule has 0 radical (unpaired) electrons. The SMILES string of the molecule is C[C@H](NC(=O)COc1ccc(-c2nnco2)cc1)[C@H]1C[C@@H]2CC[C@@H]1C2. The number of amides is 1. The maximum absolute atomic E-state index is 12.2. The third-order valence-electron chi connectivity index (χ3n) is 5.65. The highest BCUT2D eigenvalue weighted by Crippen LogP contribution is 2.49. The van der Waals surface area contributed by atoms with Gasteiger partial charge in [0.25, 0.3) is 5.91 Å². The van der Waals surface area contributed by atoms with Crippen molar-refractivity contribution in [1.29, 1.82) is 0 Å². The van der Waals surface area contributed by atoms with Crippen LogP contribution in [-0.2, 0) is 4.79 Å². The molecular weight excluding hydrogens is 318 g/mol. The summed E-state index contributed by atoms with van der Waals surface area (Å²) in [6.07, 6.45) is 6.63. The van der Waals surface area contributed by atoms with Crippen LogP contribution in [0, 0.1) is 17.8 Å². The van der Waals surface area contributed by atoms with Crippen molar-refractivity contribution >= 4 is 5.91 Å². The topological polar surface area (TPSA) is 77.2 Å². The van der Waals surface area contributed by atoms with E-state index in [2.05, 4.69) is 22.4 Å². The Hall–Kier alpha value is -2.37. The molecule has 6 nitrogen and oxygen atoms in total. The van der Waals surface area contributed by atoms with Crippen LogP contribution in [0.2, 0.25) is 0 Å². The van der Waals surface area contributed by atoms with E-state index >= 15 is 0 Å². The molecule has 132 valence electrons. The van der Waals surface area contributed by atoms with Crippen LogP contribution < -0.4 is 10.1 Å². The fraction of sp³-hybridized carbons (Fsp3) is 0.526. The Morgan fingerprint density at radius 3 is 2.80 bits per heavy atom. The Balaban J connectivity index is 1.26. The maximum Gasteiger partial charge on any atom is 0.258 e. The number of hydrogen-bond acceptors (Lipinski definition) is 5. The van der Waals surface area contributed by atoms with Gasteiger partial charge in [0.05, 0.1) is 0 Å². The molecule has 0 unspecified atom stereocenters. The molecule has 2 aliphatic rings. The minimum Gasteiger partial charge on any atom is -0.484 e. The summed E-state index contributed by atoms with van der Waals surface area (Å²) in [6.45, 7) is 2.16. The first-order chi connectivity index (χ1) is 12.2. The molecule has 1 aromatic carbocycles. The van der Waals surface area contributed by atoms with Crippen molar-refractivity contribution in [2.75, 3.05) is 6.61 Å². The molecule has 1 aromatic heterocycles. The summed E-state index contributed by atoms with van der Waals surface area (Å²) < 4.78 is 10.7. The van der Waals surface area contributed by atoms with Gasteiger partial charge in [0, 0.05) is 11.6 Å². The molecule has 4 atom stereocenters. The fourth-order valence-electron chi connectivity index (χ4n) is 4.45. The van der Waals surface area contributed by atoms with Crippen molar-refractivity contribution < 1.29 is 13.9 Å².